The number of methoxy groups -OCH3 is 1. The van der Waals surface area contributed by atoms with Crippen molar-refractivity contribution < 1.29 is 31.1 Å². The van der Waals surface area contributed by atoms with Crippen LogP contribution < -0.4 is 19.7 Å². The van der Waals surface area contributed by atoms with Gasteiger partial charge in [0, 0.05) is 51.9 Å². The Bertz CT molecular complexity index is 1320. The fourth-order valence-corrected chi connectivity index (χ4v) is 6.92. The lowest BCUT2D eigenvalue weighted by Gasteiger charge is -2.36. The van der Waals surface area contributed by atoms with Gasteiger partial charge < -0.3 is 19.7 Å². The molecular weight excluding hydrogens is 520 g/mol. The Morgan fingerprint density at radius 1 is 1.03 bits per heavy atom. The van der Waals surface area contributed by atoms with Gasteiger partial charge in [0.1, 0.15) is 5.75 Å². The molecule has 2 saturated heterocycles. The molecule has 202 valence electrons. The number of anilines is 2. The number of nitrogens with one attached hydrogen (secondary N) is 2. The standard InChI is InChI=1S/C24H32N4O7S2/c1-18(29)26-19-5-7-21(8-6-19)37(32,33)28-13-11-27(12-14-28)23-16-22(9-10-24(23)34-2)36(30,31)25-17-20-4-3-15-35-20/h5-10,16,20,25H,3-4,11-15,17H2,1-2H3,(H,26,29). The second-order valence-corrected chi connectivity index (χ2v) is 12.6. The summed E-state index contributed by atoms with van der Waals surface area (Å²) in [6.07, 6.45) is 1.62. The Hall–Kier alpha value is -2.71. The number of piperazine rings is 1. The first-order valence-corrected chi connectivity index (χ1v) is 14.9. The summed E-state index contributed by atoms with van der Waals surface area (Å²) in [5.74, 6) is 0.264. The van der Waals surface area contributed by atoms with E-state index in [0.717, 1.165) is 12.8 Å². The fraction of sp³-hybridized carbons (Fsp3) is 0.458. The first kappa shape index (κ1) is 27.3. The van der Waals surface area contributed by atoms with E-state index in [1.165, 1.54) is 36.5 Å². The first-order chi connectivity index (χ1) is 17.6. The average molecular weight is 553 g/mol. The second kappa shape index (κ2) is 11.4. The summed E-state index contributed by atoms with van der Waals surface area (Å²) in [7, 11) is -5.98. The summed E-state index contributed by atoms with van der Waals surface area (Å²) < 4.78 is 67.1. The molecular formula is C24H32N4O7S2. The van der Waals surface area contributed by atoms with Gasteiger partial charge in [-0.3, -0.25) is 4.79 Å². The summed E-state index contributed by atoms with van der Waals surface area (Å²) in [5.41, 5.74) is 1.10. The number of ether oxygens (including phenoxy) is 2. The van der Waals surface area contributed by atoms with Crippen LogP contribution in [0.5, 0.6) is 5.75 Å². The van der Waals surface area contributed by atoms with E-state index in [0.29, 0.717) is 36.8 Å². The van der Waals surface area contributed by atoms with Gasteiger partial charge in [-0.15, -0.1) is 0 Å². The molecule has 4 rings (SSSR count). The van der Waals surface area contributed by atoms with Gasteiger partial charge in [0.2, 0.25) is 26.0 Å². The summed E-state index contributed by atoms with van der Waals surface area (Å²) in [5, 5.41) is 2.62. The van der Waals surface area contributed by atoms with Crippen LogP contribution in [0.3, 0.4) is 0 Å². The Morgan fingerprint density at radius 2 is 1.70 bits per heavy atom. The van der Waals surface area contributed by atoms with E-state index in [2.05, 4.69) is 10.0 Å². The van der Waals surface area contributed by atoms with E-state index in [-0.39, 0.29) is 41.4 Å². The van der Waals surface area contributed by atoms with Gasteiger partial charge in [0.05, 0.1) is 28.7 Å². The van der Waals surface area contributed by atoms with E-state index in [1.807, 2.05) is 4.90 Å². The number of nitrogens with zero attached hydrogens (tertiary/aromatic N) is 2. The van der Waals surface area contributed by atoms with Crippen LogP contribution in [0.4, 0.5) is 11.4 Å². The molecule has 1 unspecified atom stereocenters. The molecule has 13 heteroatoms. The topological polar surface area (TPSA) is 134 Å². The molecule has 0 saturated carbocycles. The Labute approximate surface area is 217 Å². The van der Waals surface area contributed by atoms with E-state index in [4.69, 9.17) is 9.47 Å². The average Bonchev–Trinajstić information content (AvgIpc) is 3.41. The van der Waals surface area contributed by atoms with E-state index in [1.54, 1.807) is 24.3 Å². The minimum Gasteiger partial charge on any atom is -0.495 e. The molecule has 0 aliphatic carbocycles. The van der Waals surface area contributed by atoms with E-state index in [9.17, 15) is 21.6 Å². The number of sulfonamides is 2. The van der Waals surface area contributed by atoms with Crippen molar-refractivity contribution in [3.63, 3.8) is 0 Å². The molecule has 2 N–H and O–H groups in total. The summed E-state index contributed by atoms with van der Waals surface area (Å²) in [6.45, 7) is 3.38. The van der Waals surface area contributed by atoms with Gasteiger partial charge in [-0.1, -0.05) is 0 Å². The number of hydrogen-bond acceptors (Lipinski definition) is 8. The van der Waals surface area contributed by atoms with Crippen molar-refractivity contribution in [2.45, 2.75) is 35.7 Å². The van der Waals surface area contributed by atoms with Gasteiger partial charge >= 0.3 is 0 Å². The normalized spacial score (nSPS) is 19.1. The number of carbonyl (C=O) groups excluding carboxylic acids is 1. The van der Waals surface area contributed by atoms with Gasteiger partial charge in [-0.25, -0.2) is 21.6 Å². The zero-order valence-corrected chi connectivity index (χ0v) is 22.5. The van der Waals surface area contributed by atoms with Gasteiger partial charge in [0.25, 0.3) is 0 Å². The maximum absolute atomic E-state index is 13.2. The van der Waals surface area contributed by atoms with Crippen molar-refractivity contribution in [2.75, 3.05) is 56.7 Å². The SMILES string of the molecule is COc1ccc(S(=O)(=O)NCC2CCCO2)cc1N1CCN(S(=O)(=O)c2ccc(NC(C)=O)cc2)CC1. The molecule has 1 atom stereocenters. The molecule has 2 heterocycles. The maximum Gasteiger partial charge on any atom is 0.243 e. The van der Waals surface area contributed by atoms with Gasteiger partial charge in [-0.2, -0.15) is 4.31 Å². The highest BCUT2D eigenvalue weighted by Gasteiger charge is 2.30. The summed E-state index contributed by atoms with van der Waals surface area (Å²) >= 11 is 0. The number of hydrogen-bond donors (Lipinski definition) is 2. The Morgan fingerprint density at radius 3 is 2.30 bits per heavy atom. The van der Waals surface area contributed by atoms with Crippen molar-refractivity contribution in [3.05, 3.63) is 42.5 Å². The van der Waals surface area contributed by atoms with Crippen LogP contribution in [0.25, 0.3) is 0 Å². The zero-order chi connectivity index (χ0) is 26.6. The third kappa shape index (κ3) is 6.41. The molecule has 1 amide bonds. The highest BCUT2D eigenvalue weighted by Crippen LogP contribution is 2.32. The molecule has 2 aliphatic rings. The van der Waals surface area contributed by atoms with Crippen molar-refractivity contribution in [2.24, 2.45) is 0 Å². The second-order valence-electron chi connectivity index (χ2n) is 8.92. The third-order valence-corrected chi connectivity index (χ3v) is 9.71. The first-order valence-electron chi connectivity index (χ1n) is 12.0. The molecule has 2 aromatic carbocycles. The van der Waals surface area contributed by atoms with Crippen LogP contribution in [0, 0.1) is 0 Å². The molecule has 0 radical (unpaired) electrons. The number of rotatable bonds is 9. The molecule has 0 bridgehead atoms. The minimum atomic E-state index is -3.76. The fourth-order valence-electron chi connectivity index (χ4n) is 4.41. The van der Waals surface area contributed by atoms with Gasteiger partial charge in [0.15, 0.2) is 0 Å². The maximum atomic E-state index is 13.2. The molecule has 2 aliphatic heterocycles. The highest BCUT2D eigenvalue weighted by atomic mass is 32.2. The quantitative estimate of drug-likeness (QED) is 0.479. The summed E-state index contributed by atoms with van der Waals surface area (Å²) in [4.78, 5) is 13.4. The molecule has 0 spiro atoms. The third-order valence-electron chi connectivity index (χ3n) is 6.38. The lowest BCUT2D eigenvalue weighted by Crippen LogP contribution is -2.48. The van der Waals surface area contributed by atoms with Crippen LogP contribution in [0.15, 0.2) is 52.3 Å². The number of benzene rings is 2. The molecule has 11 nitrogen and oxygen atoms in total. The molecule has 2 aromatic rings. The van der Waals surface area contributed by atoms with Crippen molar-refractivity contribution >= 4 is 37.3 Å². The highest BCUT2D eigenvalue weighted by molar-refractivity contribution is 7.89. The minimum absolute atomic E-state index is 0.107. The predicted octanol–water partition coefficient (Wildman–Crippen LogP) is 1.62. The lowest BCUT2D eigenvalue weighted by atomic mass is 10.2. The molecule has 2 fully saturated rings. The largest absolute Gasteiger partial charge is 0.495 e. The van der Waals surface area contributed by atoms with Crippen molar-refractivity contribution in [1.29, 1.82) is 0 Å². The van der Waals surface area contributed by atoms with Crippen LogP contribution in [-0.4, -0.2) is 79.6 Å². The van der Waals surface area contributed by atoms with Crippen LogP contribution in [-0.2, 0) is 29.6 Å². The summed E-state index contributed by atoms with van der Waals surface area (Å²) in [6, 6.07) is 10.7. The van der Waals surface area contributed by atoms with Crippen LogP contribution in [0.2, 0.25) is 0 Å². The van der Waals surface area contributed by atoms with E-state index < -0.39 is 20.0 Å². The Balaban J connectivity index is 1.45. The smallest absolute Gasteiger partial charge is 0.243 e. The van der Waals surface area contributed by atoms with Crippen LogP contribution in [0.1, 0.15) is 19.8 Å². The molecule has 0 aromatic heterocycles. The van der Waals surface area contributed by atoms with E-state index >= 15 is 0 Å². The lowest BCUT2D eigenvalue weighted by molar-refractivity contribution is -0.114. The van der Waals surface area contributed by atoms with Crippen molar-refractivity contribution in [1.82, 2.24) is 9.03 Å². The number of carbonyl (C=O) groups is 1. The van der Waals surface area contributed by atoms with Crippen molar-refractivity contribution in [3.8, 4) is 5.75 Å². The van der Waals surface area contributed by atoms with Crippen LogP contribution >= 0.6 is 0 Å². The van der Waals surface area contributed by atoms with Gasteiger partial charge in [-0.05, 0) is 55.3 Å². The zero-order valence-electron chi connectivity index (χ0n) is 20.8. The monoisotopic (exact) mass is 552 g/mol. The number of amides is 1. The predicted molar refractivity (Wildman–Crippen MR) is 139 cm³/mol. The Kier molecular flexibility index (Phi) is 8.39. The molecule has 37 heavy (non-hydrogen) atoms.